The number of aliphatic hydroxyl groups excluding tert-OH is 1. The molecule has 15 heavy (non-hydrogen) atoms. The predicted molar refractivity (Wildman–Crippen MR) is 59.5 cm³/mol. The Labute approximate surface area is 91.9 Å². The highest BCUT2D eigenvalue weighted by Gasteiger charge is 2.45. The number of aliphatic hydroxyl groups is 1. The molecule has 88 valence electrons. The Hall–Kier alpha value is -0.610. The molecule has 1 rings (SSSR count). The standard InChI is InChI=1S/C11H22N2O2/c1-11(2)9(8-14)7-10(15)13(11)6-5-12(3)4/h9,14H,5-8H2,1-4H3. The summed E-state index contributed by atoms with van der Waals surface area (Å²) in [5.74, 6) is 0.244. The van der Waals surface area contributed by atoms with Crippen LogP contribution in [0.5, 0.6) is 0 Å². The number of hydrogen-bond donors (Lipinski definition) is 1. The molecule has 0 saturated carbocycles. The van der Waals surface area contributed by atoms with Crippen LogP contribution in [0.15, 0.2) is 0 Å². The van der Waals surface area contributed by atoms with E-state index in [0.717, 1.165) is 13.1 Å². The van der Waals surface area contributed by atoms with Crippen LogP contribution in [0.3, 0.4) is 0 Å². The second kappa shape index (κ2) is 4.49. The monoisotopic (exact) mass is 214 g/mol. The average Bonchev–Trinajstić information content (AvgIpc) is 2.33. The molecule has 1 fully saturated rings. The Kier molecular flexibility index (Phi) is 3.73. The van der Waals surface area contributed by atoms with Crippen molar-refractivity contribution in [1.29, 1.82) is 0 Å². The molecule has 1 aliphatic rings. The first-order chi connectivity index (χ1) is 6.89. The maximum absolute atomic E-state index is 11.8. The van der Waals surface area contributed by atoms with Crippen LogP contribution in [0, 0.1) is 5.92 Å². The van der Waals surface area contributed by atoms with E-state index in [-0.39, 0.29) is 24.0 Å². The largest absolute Gasteiger partial charge is 0.396 e. The molecule has 0 radical (unpaired) electrons. The van der Waals surface area contributed by atoms with Crippen molar-refractivity contribution in [3.8, 4) is 0 Å². The summed E-state index contributed by atoms with van der Waals surface area (Å²) < 4.78 is 0. The zero-order valence-electron chi connectivity index (χ0n) is 10.2. The third kappa shape index (κ3) is 2.49. The van der Waals surface area contributed by atoms with Crippen LogP contribution < -0.4 is 0 Å². The second-order valence-electron chi connectivity index (χ2n) is 5.09. The van der Waals surface area contributed by atoms with Gasteiger partial charge in [-0.05, 0) is 27.9 Å². The number of carbonyl (C=O) groups excluding carboxylic acids is 1. The average molecular weight is 214 g/mol. The van der Waals surface area contributed by atoms with Gasteiger partial charge in [-0.25, -0.2) is 0 Å². The summed E-state index contributed by atoms with van der Waals surface area (Å²) in [5.41, 5.74) is -0.207. The Balaban J connectivity index is 2.66. The summed E-state index contributed by atoms with van der Waals surface area (Å²) >= 11 is 0. The molecule has 4 nitrogen and oxygen atoms in total. The van der Waals surface area contributed by atoms with Gasteiger partial charge in [0.05, 0.1) is 0 Å². The lowest BCUT2D eigenvalue weighted by Crippen LogP contribution is -2.47. The lowest BCUT2D eigenvalue weighted by molar-refractivity contribution is -0.130. The van der Waals surface area contributed by atoms with Crippen LogP contribution in [0.1, 0.15) is 20.3 Å². The molecule has 1 aliphatic heterocycles. The minimum absolute atomic E-state index is 0.0761. The third-order valence-corrected chi connectivity index (χ3v) is 3.41. The summed E-state index contributed by atoms with van der Waals surface area (Å²) in [4.78, 5) is 15.7. The number of hydrogen-bond acceptors (Lipinski definition) is 3. The molecule has 0 spiro atoms. The fourth-order valence-corrected chi connectivity index (χ4v) is 2.11. The van der Waals surface area contributed by atoms with Crippen molar-refractivity contribution >= 4 is 5.91 Å². The van der Waals surface area contributed by atoms with Gasteiger partial charge in [0.1, 0.15) is 0 Å². The molecule has 0 bridgehead atoms. The van der Waals surface area contributed by atoms with Crippen LogP contribution in [0.2, 0.25) is 0 Å². The topological polar surface area (TPSA) is 43.8 Å². The molecule has 0 aromatic heterocycles. The minimum atomic E-state index is -0.207. The van der Waals surface area contributed by atoms with E-state index >= 15 is 0 Å². The SMILES string of the molecule is CN(C)CCN1C(=O)CC(CO)C1(C)C. The summed E-state index contributed by atoms with van der Waals surface area (Å²) in [6, 6.07) is 0. The maximum atomic E-state index is 11.8. The lowest BCUT2D eigenvalue weighted by Gasteiger charge is -2.36. The predicted octanol–water partition coefficient (Wildman–Crippen LogP) is 0.167. The Bertz CT molecular complexity index is 239. The first kappa shape index (κ1) is 12.5. The molecular weight excluding hydrogens is 192 g/mol. The molecule has 1 N–H and O–H groups in total. The Morgan fingerprint density at radius 3 is 2.53 bits per heavy atom. The summed E-state index contributed by atoms with van der Waals surface area (Å²) in [7, 11) is 3.99. The lowest BCUT2D eigenvalue weighted by atomic mass is 9.89. The second-order valence-corrected chi connectivity index (χ2v) is 5.09. The van der Waals surface area contributed by atoms with Gasteiger partial charge >= 0.3 is 0 Å². The van der Waals surface area contributed by atoms with Crippen LogP contribution in [-0.2, 0) is 4.79 Å². The van der Waals surface area contributed by atoms with Crippen molar-refractivity contribution in [3.63, 3.8) is 0 Å². The normalized spacial score (nSPS) is 25.3. The highest BCUT2D eigenvalue weighted by atomic mass is 16.3. The number of amides is 1. The zero-order valence-corrected chi connectivity index (χ0v) is 10.2. The van der Waals surface area contributed by atoms with Gasteiger partial charge in [0.2, 0.25) is 5.91 Å². The highest BCUT2D eigenvalue weighted by molar-refractivity contribution is 5.80. The first-order valence-electron chi connectivity index (χ1n) is 5.45. The number of carbonyl (C=O) groups is 1. The van der Waals surface area contributed by atoms with Crippen molar-refractivity contribution in [2.75, 3.05) is 33.8 Å². The molecule has 0 aromatic carbocycles. The molecule has 1 atom stereocenters. The number of rotatable bonds is 4. The van der Waals surface area contributed by atoms with Gasteiger partial charge in [-0.3, -0.25) is 4.79 Å². The molecular formula is C11H22N2O2. The third-order valence-electron chi connectivity index (χ3n) is 3.41. The number of likely N-dealkylation sites (tertiary alicyclic amines) is 1. The van der Waals surface area contributed by atoms with Gasteiger partial charge in [0.15, 0.2) is 0 Å². The molecule has 1 heterocycles. The van der Waals surface area contributed by atoms with E-state index in [1.807, 2.05) is 32.8 Å². The van der Waals surface area contributed by atoms with Crippen LogP contribution in [0.4, 0.5) is 0 Å². The van der Waals surface area contributed by atoms with E-state index < -0.39 is 0 Å². The van der Waals surface area contributed by atoms with E-state index in [0.29, 0.717) is 6.42 Å². The fourth-order valence-electron chi connectivity index (χ4n) is 2.11. The molecule has 1 amide bonds. The van der Waals surface area contributed by atoms with Crippen LogP contribution >= 0.6 is 0 Å². The van der Waals surface area contributed by atoms with Crippen molar-refractivity contribution in [1.82, 2.24) is 9.80 Å². The van der Waals surface area contributed by atoms with E-state index in [1.54, 1.807) is 0 Å². The molecule has 4 heteroatoms. The van der Waals surface area contributed by atoms with Gasteiger partial charge in [0, 0.05) is 37.6 Å². The van der Waals surface area contributed by atoms with Crippen molar-refractivity contribution in [3.05, 3.63) is 0 Å². The molecule has 1 saturated heterocycles. The first-order valence-corrected chi connectivity index (χ1v) is 5.45. The Morgan fingerprint density at radius 1 is 1.53 bits per heavy atom. The van der Waals surface area contributed by atoms with Gasteiger partial charge in [0.25, 0.3) is 0 Å². The summed E-state index contributed by atoms with van der Waals surface area (Å²) in [5, 5.41) is 9.23. The van der Waals surface area contributed by atoms with Crippen LogP contribution in [-0.4, -0.2) is 60.1 Å². The van der Waals surface area contributed by atoms with Gasteiger partial charge in [-0.2, -0.15) is 0 Å². The maximum Gasteiger partial charge on any atom is 0.223 e. The van der Waals surface area contributed by atoms with Gasteiger partial charge in [-0.1, -0.05) is 0 Å². The van der Waals surface area contributed by atoms with E-state index in [4.69, 9.17) is 0 Å². The zero-order chi connectivity index (χ0) is 11.6. The highest BCUT2D eigenvalue weighted by Crippen LogP contribution is 2.34. The number of likely N-dealkylation sites (N-methyl/N-ethyl adjacent to an activating group) is 1. The van der Waals surface area contributed by atoms with Crippen molar-refractivity contribution < 1.29 is 9.90 Å². The van der Waals surface area contributed by atoms with Crippen molar-refractivity contribution in [2.24, 2.45) is 5.92 Å². The van der Waals surface area contributed by atoms with Crippen LogP contribution in [0.25, 0.3) is 0 Å². The molecule has 1 unspecified atom stereocenters. The Morgan fingerprint density at radius 2 is 2.13 bits per heavy atom. The summed E-state index contributed by atoms with van der Waals surface area (Å²) in [6.45, 7) is 5.78. The summed E-state index contributed by atoms with van der Waals surface area (Å²) in [6.07, 6.45) is 0.483. The van der Waals surface area contributed by atoms with Crippen molar-refractivity contribution in [2.45, 2.75) is 25.8 Å². The minimum Gasteiger partial charge on any atom is -0.396 e. The number of nitrogens with zero attached hydrogens (tertiary/aromatic N) is 2. The van der Waals surface area contributed by atoms with Gasteiger partial charge in [-0.15, -0.1) is 0 Å². The van der Waals surface area contributed by atoms with E-state index in [2.05, 4.69) is 4.90 Å². The quantitative estimate of drug-likeness (QED) is 0.725. The smallest absolute Gasteiger partial charge is 0.223 e. The van der Waals surface area contributed by atoms with E-state index in [9.17, 15) is 9.90 Å². The molecule has 0 aromatic rings. The van der Waals surface area contributed by atoms with Gasteiger partial charge < -0.3 is 14.9 Å². The molecule has 0 aliphatic carbocycles. The van der Waals surface area contributed by atoms with E-state index in [1.165, 1.54) is 0 Å². The fraction of sp³-hybridized carbons (Fsp3) is 0.909.